The van der Waals surface area contributed by atoms with Crippen molar-refractivity contribution in [1.82, 2.24) is 9.55 Å². The lowest BCUT2D eigenvalue weighted by Crippen LogP contribution is -2.36. The van der Waals surface area contributed by atoms with Gasteiger partial charge >= 0.3 is 5.97 Å². The number of imidazole rings is 1. The number of nitrogens with zero attached hydrogens (tertiary/aromatic N) is 2. The molecule has 0 saturated heterocycles. The lowest BCUT2D eigenvalue weighted by atomic mass is 9.75. The van der Waals surface area contributed by atoms with Gasteiger partial charge in [0.05, 0.1) is 11.0 Å². The highest BCUT2D eigenvalue weighted by atomic mass is 32.2. The molecule has 4 rings (SSSR count). The van der Waals surface area contributed by atoms with E-state index in [1.807, 2.05) is 28.8 Å². The number of thioether (sulfide) groups is 1. The Balaban J connectivity index is 1.61. The van der Waals surface area contributed by atoms with E-state index in [0.717, 1.165) is 35.3 Å². The SMILES string of the molecule is CSc1ccc(-c2nc3ccccc3n2CC(=O)O[C@@H]2C[C@H](C)CCC2C(C)C)cc1. The fraction of sp³-hybridized carbons (Fsp3) is 0.462. The molecule has 4 nitrogen and oxygen atoms in total. The molecule has 1 fully saturated rings. The largest absolute Gasteiger partial charge is 0.461 e. The second kappa shape index (κ2) is 9.47. The van der Waals surface area contributed by atoms with Gasteiger partial charge in [-0.25, -0.2) is 4.98 Å². The van der Waals surface area contributed by atoms with Gasteiger partial charge in [-0.15, -0.1) is 11.8 Å². The van der Waals surface area contributed by atoms with Crippen LogP contribution in [0.2, 0.25) is 0 Å². The van der Waals surface area contributed by atoms with E-state index in [9.17, 15) is 4.79 Å². The summed E-state index contributed by atoms with van der Waals surface area (Å²) in [4.78, 5) is 19.2. The van der Waals surface area contributed by atoms with Crippen LogP contribution in [-0.2, 0) is 16.1 Å². The summed E-state index contributed by atoms with van der Waals surface area (Å²) < 4.78 is 8.10. The van der Waals surface area contributed by atoms with Crippen LogP contribution in [0.3, 0.4) is 0 Å². The molecule has 1 heterocycles. The van der Waals surface area contributed by atoms with Crippen LogP contribution in [0.4, 0.5) is 0 Å². The van der Waals surface area contributed by atoms with E-state index in [1.165, 1.54) is 11.3 Å². The molecule has 1 unspecified atom stereocenters. The van der Waals surface area contributed by atoms with Gasteiger partial charge in [-0.1, -0.05) is 51.5 Å². The summed E-state index contributed by atoms with van der Waals surface area (Å²) in [6, 6.07) is 16.3. The standard InChI is InChI=1S/C26H32N2O2S/c1-17(2)21-14-9-18(3)15-24(21)30-25(29)16-28-23-8-6-5-7-22(23)27-26(28)19-10-12-20(31-4)13-11-19/h5-8,10-13,17-18,21,24H,9,14-16H2,1-4H3/t18-,21?,24-/m1/s1. The minimum atomic E-state index is -0.171. The van der Waals surface area contributed by atoms with Gasteiger partial charge in [0.15, 0.2) is 0 Å². The molecule has 0 radical (unpaired) electrons. The zero-order chi connectivity index (χ0) is 22.0. The van der Waals surface area contributed by atoms with Gasteiger partial charge in [-0.05, 0) is 61.1 Å². The van der Waals surface area contributed by atoms with Crippen LogP contribution in [-0.4, -0.2) is 27.9 Å². The smallest absolute Gasteiger partial charge is 0.326 e. The molecule has 0 N–H and O–H groups in total. The predicted octanol–water partition coefficient (Wildman–Crippen LogP) is 6.43. The lowest BCUT2D eigenvalue weighted by molar-refractivity contribution is -0.156. The monoisotopic (exact) mass is 436 g/mol. The van der Waals surface area contributed by atoms with Gasteiger partial charge in [0, 0.05) is 10.5 Å². The van der Waals surface area contributed by atoms with Crippen molar-refractivity contribution in [1.29, 1.82) is 0 Å². The van der Waals surface area contributed by atoms with Gasteiger partial charge < -0.3 is 9.30 Å². The number of carbonyl (C=O) groups is 1. The van der Waals surface area contributed by atoms with Gasteiger partial charge in [-0.2, -0.15) is 0 Å². The zero-order valence-electron chi connectivity index (χ0n) is 18.9. The fourth-order valence-corrected chi connectivity index (χ4v) is 5.19. The van der Waals surface area contributed by atoms with Crippen molar-refractivity contribution in [3.05, 3.63) is 48.5 Å². The molecular weight excluding hydrogens is 404 g/mol. The molecule has 0 amide bonds. The Hall–Kier alpha value is -2.27. The Morgan fingerprint density at radius 2 is 1.90 bits per heavy atom. The summed E-state index contributed by atoms with van der Waals surface area (Å²) in [7, 11) is 0. The molecule has 3 atom stereocenters. The van der Waals surface area contributed by atoms with Crippen LogP contribution < -0.4 is 0 Å². The van der Waals surface area contributed by atoms with Crippen LogP contribution in [0.25, 0.3) is 22.4 Å². The first-order valence-electron chi connectivity index (χ1n) is 11.3. The number of fused-ring (bicyclic) bond motifs is 1. The maximum atomic E-state index is 13.1. The Morgan fingerprint density at radius 1 is 1.16 bits per heavy atom. The van der Waals surface area contributed by atoms with Crippen molar-refractivity contribution < 1.29 is 9.53 Å². The second-order valence-electron chi connectivity index (χ2n) is 9.09. The molecule has 3 aromatic rings. The van der Waals surface area contributed by atoms with Crippen LogP contribution in [0.15, 0.2) is 53.4 Å². The molecule has 5 heteroatoms. The summed E-state index contributed by atoms with van der Waals surface area (Å²) in [6.45, 7) is 6.91. The van der Waals surface area contributed by atoms with Gasteiger partial charge in [0.25, 0.3) is 0 Å². The van der Waals surface area contributed by atoms with Crippen molar-refractivity contribution in [3.8, 4) is 11.4 Å². The van der Waals surface area contributed by atoms with E-state index in [1.54, 1.807) is 11.8 Å². The van der Waals surface area contributed by atoms with E-state index in [2.05, 4.69) is 51.3 Å². The second-order valence-corrected chi connectivity index (χ2v) is 9.97. The highest BCUT2D eigenvalue weighted by Crippen LogP contribution is 2.35. The number of esters is 1. The Morgan fingerprint density at radius 3 is 2.61 bits per heavy atom. The van der Waals surface area contributed by atoms with Crippen LogP contribution in [0, 0.1) is 17.8 Å². The highest BCUT2D eigenvalue weighted by Gasteiger charge is 2.33. The minimum absolute atomic E-state index is 0.00958. The number of benzene rings is 2. The fourth-order valence-electron chi connectivity index (χ4n) is 4.78. The summed E-state index contributed by atoms with van der Waals surface area (Å²) in [5, 5.41) is 0. The van der Waals surface area contributed by atoms with Gasteiger partial charge in [0.1, 0.15) is 18.5 Å². The minimum Gasteiger partial charge on any atom is -0.461 e. The average molecular weight is 437 g/mol. The maximum absolute atomic E-state index is 13.1. The first-order chi connectivity index (χ1) is 15.0. The Bertz CT molecular complexity index is 1040. The number of hydrogen-bond donors (Lipinski definition) is 0. The van der Waals surface area contributed by atoms with Gasteiger partial charge in [0.2, 0.25) is 0 Å². The molecule has 0 bridgehead atoms. The van der Waals surface area contributed by atoms with Crippen LogP contribution >= 0.6 is 11.8 Å². The van der Waals surface area contributed by atoms with Crippen molar-refractivity contribution >= 4 is 28.8 Å². The number of rotatable bonds is 6. The lowest BCUT2D eigenvalue weighted by Gasteiger charge is -2.36. The third-order valence-electron chi connectivity index (χ3n) is 6.53. The highest BCUT2D eigenvalue weighted by molar-refractivity contribution is 7.98. The first kappa shape index (κ1) is 21.9. The average Bonchev–Trinajstić information content (AvgIpc) is 3.12. The number of hydrogen-bond acceptors (Lipinski definition) is 4. The normalized spacial score (nSPS) is 21.5. The topological polar surface area (TPSA) is 44.1 Å². The van der Waals surface area contributed by atoms with E-state index in [4.69, 9.17) is 9.72 Å². The van der Waals surface area contributed by atoms with Crippen molar-refractivity contribution in [3.63, 3.8) is 0 Å². The maximum Gasteiger partial charge on any atom is 0.326 e. The van der Waals surface area contributed by atoms with Crippen LogP contribution in [0.1, 0.15) is 40.0 Å². The molecule has 164 valence electrons. The summed E-state index contributed by atoms with van der Waals surface area (Å²) in [6.07, 6.45) is 5.39. The first-order valence-corrected chi connectivity index (χ1v) is 12.5. The summed E-state index contributed by atoms with van der Waals surface area (Å²) in [5.41, 5.74) is 2.86. The molecular formula is C26H32N2O2S. The molecule has 1 aliphatic carbocycles. The van der Waals surface area contributed by atoms with E-state index in [0.29, 0.717) is 17.8 Å². The molecule has 0 aliphatic heterocycles. The van der Waals surface area contributed by atoms with Crippen molar-refractivity contribution in [2.45, 2.75) is 57.6 Å². The molecule has 1 aliphatic rings. The summed E-state index contributed by atoms with van der Waals surface area (Å²) >= 11 is 1.71. The number of aromatic nitrogens is 2. The Labute approximate surface area is 189 Å². The molecule has 31 heavy (non-hydrogen) atoms. The number of carbonyl (C=O) groups excluding carboxylic acids is 1. The van der Waals surface area contributed by atoms with Gasteiger partial charge in [-0.3, -0.25) is 4.79 Å². The molecule has 2 aromatic carbocycles. The molecule has 1 saturated carbocycles. The van der Waals surface area contributed by atoms with Crippen LogP contribution in [0.5, 0.6) is 0 Å². The van der Waals surface area contributed by atoms with Crippen molar-refractivity contribution in [2.24, 2.45) is 17.8 Å². The quantitative estimate of drug-likeness (QED) is 0.330. The molecule has 1 aromatic heterocycles. The van der Waals surface area contributed by atoms with Crippen molar-refractivity contribution in [2.75, 3.05) is 6.26 Å². The third kappa shape index (κ3) is 4.82. The predicted molar refractivity (Wildman–Crippen MR) is 128 cm³/mol. The number of para-hydroxylation sites is 2. The van der Waals surface area contributed by atoms with E-state index < -0.39 is 0 Å². The molecule has 0 spiro atoms. The zero-order valence-corrected chi connectivity index (χ0v) is 19.7. The third-order valence-corrected chi connectivity index (χ3v) is 7.28. The Kier molecular flexibility index (Phi) is 6.71. The van der Waals surface area contributed by atoms with E-state index in [-0.39, 0.29) is 18.6 Å². The summed E-state index contributed by atoms with van der Waals surface area (Å²) in [5.74, 6) is 2.20. The van der Waals surface area contributed by atoms with E-state index >= 15 is 0 Å². The number of ether oxygens (including phenoxy) is 1.